The standard InChI is InChI=1S/2C13H20N4O.C12H19N5O.C11H16N4O.C10H15N5O.C10H12N4O3.C9H11N5O3.C9H13N5O2.C9H12N2O2/c1-8(2)17-7-10(6-16(4)5)11-12(17)14-9(3)15-13(11)18;1-8(2)17-10(7-16(4)5)6-11-12(17)14-9(3)15-13(11)18;1-7(2)17-9(6-16(4)5)15-10-11(17)13-8(3)14-12(10)18;1-6(2)15-8(5-12)4-9-10(15)13-7(3)14-11(9)16;1-5(2)15-7(4-11)14-8-9(15)12-6(3)13-10(8)16;1-5(2)13-8(14(16)17)4-7-9(13)11-6(3)12-10(7)15;1-4(2)13-7-6(12-9(13)14(16)17)8(15)11-5(3)10-7;1-4(2)14-5(15)3-11-6-7(14)12-9(10)13-8(6)16;1-6(2)11-5-7-3-4-13-8(7)10-9(11)12/h7-8H,6H2,1-5H3,(H,14,15,18);6,8H,7H2,1-5H3,(H,14,15,18);7H,6H2,1-5H3,(H,13,14,18);4,6H,5,12H2,1-3H3,(H,13,14,16);5H,4,11H2,1-3H3,(H,12,13,16);4-5H,1-3H3,(H,11,12,15);4H,1-3H3,(H,10,11,15);3-4,6-7H,1-2H3,(H3,10,12,13,16);5-6H,3-4H2,1-2H3. The highest BCUT2D eigenvalue weighted by Crippen LogP contribution is 2.31. The predicted molar refractivity (Wildman–Crippen MR) is 569 cm³/mol. The number of aryl methyl sites for hydroxylation is 7. The number of guanidine groups is 1. The molecule has 0 radical (unpaired) electrons. The molecule has 15 aromatic rings. The Hall–Kier alpha value is -15.9. The second-order valence-electron chi connectivity index (χ2n) is 39.2. The van der Waals surface area contributed by atoms with Crippen LogP contribution in [0.3, 0.4) is 0 Å². The van der Waals surface area contributed by atoms with Crippen molar-refractivity contribution in [1.29, 1.82) is 0 Å². The number of aliphatic imine (C=N–C) groups is 2. The smallest absolute Gasteiger partial charge is 0.437 e. The number of H-pyrrole nitrogens is 7. The van der Waals surface area contributed by atoms with Gasteiger partial charge >= 0.3 is 17.5 Å². The number of rotatable bonds is 19. The first-order valence-corrected chi connectivity index (χ1v) is 48.6. The number of nitrogens with one attached hydrogen (secondary N) is 8. The minimum atomic E-state index is -0.688. The summed E-state index contributed by atoms with van der Waals surface area (Å²) < 4.78 is 19.8. The van der Waals surface area contributed by atoms with Crippen LogP contribution in [0, 0.1) is 68.7 Å². The Morgan fingerprint density at radius 3 is 1.23 bits per heavy atom. The van der Waals surface area contributed by atoms with E-state index < -0.39 is 27.6 Å². The quantitative estimate of drug-likeness (QED) is 0.0274. The van der Waals surface area contributed by atoms with Gasteiger partial charge in [0.2, 0.25) is 17.2 Å². The van der Waals surface area contributed by atoms with Crippen LogP contribution < -0.4 is 71.9 Å². The third-order valence-corrected chi connectivity index (χ3v) is 23.1. The van der Waals surface area contributed by atoms with Crippen molar-refractivity contribution >= 4 is 113 Å². The fraction of sp³-hybridized carbons (Fsp3) is 0.510. The van der Waals surface area contributed by atoms with Gasteiger partial charge < -0.3 is 119 Å². The number of hydrogen-bond acceptors (Lipinski definition) is 34. The Morgan fingerprint density at radius 2 is 0.812 bits per heavy atom. The lowest BCUT2D eigenvalue weighted by molar-refractivity contribution is -0.396. The number of aromatic nitrogens is 26. The van der Waals surface area contributed by atoms with Gasteiger partial charge in [0.1, 0.15) is 74.7 Å². The summed E-state index contributed by atoms with van der Waals surface area (Å²) >= 11 is 0. The van der Waals surface area contributed by atoms with Gasteiger partial charge in [-0.2, -0.15) is 15.0 Å². The summed E-state index contributed by atoms with van der Waals surface area (Å²) in [5, 5.41) is 26.4. The molecule has 14 N–H and O–H groups in total. The van der Waals surface area contributed by atoms with Gasteiger partial charge in [0, 0.05) is 97.7 Å². The lowest BCUT2D eigenvalue weighted by Gasteiger charge is -2.38. The van der Waals surface area contributed by atoms with E-state index in [0.717, 1.165) is 71.0 Å². The van der Waals surface area contributed by atoms with Gasteiger partial charge in [0.25, 0.3) is 56.2 Å². The van der Waals surface area contributed by atoms with Crippen molar-refractivity contribution in [2.45, 2.75) is 279 Å². The van der Waals surface area contributed by atoms with Crippen molar-refractivity contribution in [3.63, 3.8) is 0 Å². The summed E-state index contributed by atoms with van der Waals surface area (Å²) in [5.41, 5.74) is 24.2. The molecular weight excluding hydrogens is 1930 g/mol. The zero-order chi connectivity index (χ0) is 111. The molecule has 0 fully saturated rings. The van der Waals surface area contributed by atoms with Crippen molar-refractivity contribution in [1.82, 2.24) is 151 Å². The van der Waals surface area contributed by atoms with Crippen LogP contribution in [0.5, 0.6) is 5.88 Å². The number of hydrogen-bond donors (Lipinski definition) is 11. The van der Waals surface area contributed by atoms with Crippen LogP contribution in [0.1, 0.15) is 248 Å². The topological polar surface area (TPSA) is 686 Å². The molecule has 2 unspecified atom stereocenters. The minimum Gasteiger partial charge on any atom is -0.477 e. The zero-order valence-electron chi connectivity index (χ0n) is 90.2. The number of ether oxygens (including phenoxy) is 1. The van der Waals surface area contributed by atoms with Gasteiger partial charge in [0.15, 0.2) is 40.5 Å². The molecule has 18 heterocycles. The number of carbonyl (C=O) groups is 2. The third-order valence-electron chi connectivity index (χ3n) is 23.1. The van der Waals surface area contributed by atoms with E-state index in [0.29, 0.717) is 123 Å². The molecule has 3 aliphatic rings. The maximum Gasteiger partial charge on any atom is 0.437 e. The molecule has 0 saturated carbocycles. The predicted octanol–water partition coefficient (Wildman–Crippen LogP) is 7.61. The van der Waals surface area contributed by atoms with Crippen LogP contribution in [-0.2, 0) is 48.7 Å². The van der Waals surface area contributed by atoms with Crippen molar-refractivity contribution in [3.8, 4) is 5.88 Å². The van der Waals surface area contributed by atoms with Crippen molar-refractivity contribution in [2.75, 3.05) is 48.9 Å². The number of nitrogens with two attached hydrogens (primary N) is 3. The van der Waals surface area contributed by atoms with Gasteiger partial charge in [-0.3, -0.25) is 58.0 Å². The Labute approximate surface area is 854 Å². The van der Waals surface area contributed by atoms with Gasteiger partial charge in [-0.15, -0.1) is 0 Å². The van der Waals surface area contributed by atoms with E-state index in [2.05, 4.69) is 179 Å². The molecule has 18 rings (SSSR count). The lowest BCUT2D eigenvalue weighted by Crippen LogP contribution is -2.61. The van der Waals surface area contributed by atoms with Gasteiger partial charge in [0.05, 0.1) is 60.2 Å². The molecular formula is C96H138N38O15. The molecule has 2 atom stereocenters. The zero-order valence-corrected chi connectivity index (χ0v) is 90.2. The summed E-state index contributed by atoms with van der Waals surface area (Å²) in [6.45, 7) is 51.2. The molecule has 53 nitrogen and oxygen atoms in total. The SMILES string of the molecule is CC(C)N1C(=O)C=NC2C(=O)NC(N)=NC21.CC(C)n1cc2c(nc1=O)OCC2.Cc1nc2c(c(CN(C)C)cn2C(C)C)c(=O)[nH]1.Cc1nc2c(cc(CN(C)C)n2C(C)C)c(=O)[nH]1.Cc1nc2c(cc(CN)n2C(C)C)c(=O)[nH]1.Cc1nc2c(cc([N+](=O)[O-])n2C(C)C)c(=O)[nH]1.Cc1nc2c(nc(CN(C)C)n2C(C)C)c(=O)[nH]1.Cc1nc2c(nc(CN)n2C(C)C)c(=O)[nH]1.Cc1nc2c(nc([N+](=O)[O-])n2C(C)C)c(=O)[nH]1. The van der Waals surface area contributed by atoms with E-state index in [1.807, 2.05) is 155 Å². The molecule has 149 heavy (non-hydrogen) atoms. The molecule has 0 saturated heterocycles. The minimum absolute atomic E-state index is 0.00370. The van der Waals surface area contributed by atoms with E-state index in [9.17, 15) is 68.2 Å². The molecule has 802 valence electrons. The van der Waals surface area contributed by atoms with Crippen LogP contribution in [0.4, 0.5) is 11.8 Å². The second-order valence-corrected chi connectivity index (χ2v) is 39.2. The van der Waals surface area contributed by atoms with Crippen molar-refractivity contribution in [3.05, 3.63) is 209 Å². The van der Waals surface area contributed by atoms with E-state index in [-0.39, 0.29) is 140 Å². The molecule has 53 heteroatoms. The van der Waals surface area contributed by atoms with Gasteiger partial charge in [-0.25, -0.2) is 53.8 Å². The molecule has 15 aromatic heterocycles. The molecule has 3 aliphatic heterocycles. The molecule has 0 aliphatic carbocycles. The third kappa shape index (κ3) is 26.4. The number of nitrogens with zero attached hydrogens (tertiary/aromatic N) is 27. The van der Waals surface area contributed by atoms with Crippen LogP contribution in [-0.4, -0.2) is 247 Å². The van der Waals surface area contributed by atoms with Crippen LogP contribution in [0.25, 0.3) is 77.6 Å². The number of aromatic amines is 7. The fourth-order valence-corrected chi connectivity index (χ4v) is 17.2. The average Bonchev–Trinajstić information content (AvgIpc) is 1.31. The van der Waals surface area contributed by atoms with E-state index >= 15 is 0 Å². The number of carbonyl (C=O) groups excluding carboxylic acids is 2. The van der Waals surface area contributed by atoms with Gasteiger partial charge in [-0.1, -0.05) is 4.98 Å². The van der Waals surface area contributed by atoms with Crippen LogP contribution in [0.15, 0.2) is 78.9 Å². The lowest BCUT2D eigenvalue weighted by atomic mass is 10.1. The highest BCUT2D eigenvalue weighted by Gasteiger charge is 2.42. The number of fused-ring (bicyclic) bond motifs is 9. The number of imidazole rings is 3. The Kier molecular flexibility index (Phi) is 37.2. The number of amides is 2. The van der Waals surface area contributed by atoms with Crippen LogP contribution >= 0.6 is 0 Å². The first kappa shape index (κ1) is 115. The number of nitro groups is 2. The summed E-state index contributed by atoms with van der Waals surface area (Å²) in [5.74, 6) is 5.04. The highest BCUT2D eigenvalue weighted by atomic mass is 16.6. The summed E-state index contributed by atoms with van der Waals surface area (Å²) in [4.78, 5) is 219. The van der Waals surface area contributed by atoms with Crippen molar-refractivity contribution < 1.29 is 24.2 Å². The van der Waals surface area contributed by atoms with Gasteiger partial charge in [-0.05, 0) is 243 Å². The Balaban J connectivity index is 0.000000172. The Bertz CT molecular complexity index is 7710. The van der Waals surface area contributed by atoms with Crippen LogP contribution in [0.2, 0.25) is 0 Å². The van der Waals surface area contributed by atoms with Crippen molar-refractivity contribution in [2.24, 2.45) is 27.2 Å². The molecule has 2 amide bonds. The average molecular weight is 2060 g/mol. The second kappa shape index (κ2) is 48.2. The van der Waals surface area contributed by atoms with E-state index in [1.54, 1.807) is 53.0 Å². The first-order valence-electron chi connectivity index (χ1n) is 48.6. The fourth-order valence-electron chi connectivity index (χ4n) is 17.2. The first-order chi connectivity index (χ1) is 69.8. The molecule has 0 aromatic carbocycles. The maximum atomic E-state index is 12.1. The largest absolute Gasteiger partial charge is 0.477 e. The Morgan fingerprint density at radius 1 is 0.416 bits per heavy atom. The monoisotopic (exact) mass is 2060 g/mol. The van der Waals surface area contributed by atoms with E-state index in [4.69, 9.17) is 21.9 Å². The normalized spacial score (nSPS) is 13.8. The molecule has 0 bridgehead atoms. The maximum absolute atomic E-state index is 12.1. The molecule has 0 spiro atoms. The van der Waals surface area contributed by atoms with E-state index in [1.165, 1.54) is 20.1 Å². The summed E-state index contributed by atoms with van der Waals surface area (Å²) in [7, 11) is 12.0. The summed E-state index contributed by atoms with van der Waals surface area (Å²) in [6, 6.07) is 5.31. The summed E-state index contributed by atoms with van der Waals surface area (Å²) in [6.07, 6.45) is 5.29. The highest BCUT2D eigenvalue weighted by molar-refractivity contribution is 6.27.